The summed E-state index contributed by atoms with van der Waals surface area (Å²) >= 11 is 0. The molecule has 0 aliphatic carbocycles. The molecule has 0 amide bonds. The van der Waals surface area contributed by atoms with Gasteiger partial charge < -0.3 is 19.3 Å². The van der Waals surface area contributed by atoms with E-state index in [4.69, 9.17) is 14.2 Å². The number of rotatable bonds is 7. The Morgan fingerprint density at radius 2 is 1.83 bits per heavy atom. The van der Waals surface area contributed by atoms with Gasteiger partial charge in [-0.15, -0.1) is 0 Å². The maximum atomic E-state index is 11.6. The summed E-state index contributed by atoms with van der Waals surface area (Å²) in [6.07, 6.45) is 1.47. The lowest BCUT2D eigenvalue weighted by atomic mass is 10.0. The molecule has 2 aromatic rings. The summed E-state index contributed by atoms with van der Waals surface area (Å²) < 4.78 is 15.7. The van der Waals surface area contributed by atoms with Crippen LogP contribution in [-0.2, 0) is 6.42 Å². The number of hydrogen-bond acceptors (Lipinski definition) is 6. The first kappa shape index (κ1) is 16.5. The second kappa shape index (κ2) is 7.44. The minimum atomic E-state index is -1.06. The van der Waals surface area contributed by atoms with E-state index >= 15 is 0 Å². The van der Waals surface area contributed by atoms with Crippen LogP contribution in [0.4, 0.5) is 0 Å². The predicted octanol–water partition coefficient (Wildman–Crippen LogP) is 2.94. The predicted molar refractivity (Wildman–Crippen MR) is 82.6 cm³/mol. The van der Waals surface area contributed by atoms with Crippen LogP contribution in [0.5, 0.6) is 23.5 Å². The largest absolute Gasteiger partial charge is 0.481 e. The Hall–Kier alpha value is -2.83. The molecule has 7 nitrogen and oxygen atoms in total. The highest BCUT2D eigenvalue weighted by Crippen LogP contribution is 2.29. The van der Waals surface area contributed by atoms with E-state index in [0.717, 1.165) is 6.42 Å². The minimum absolute atomic E-state index is 0.0441. The van der Waals surface area contributed by atoms with Gasteiger partial charge in [0.15, 0.2) is 0 Å². The molecule has 7 heteroatoms. The van der Waals surface area contributed by atoms with Gasteiger partial charge in [-0.05, 0) is 18.1 Å². The molecular formula is C16H18N2O5. The second-order valence-corrected chi connectivity index (χ2v) is 4.68. The van der Waals surface area contributed by atoms with Crippen LogP contribution >= 0.6 is 0 Å². The van der Waals surface area contributed by atoms with Gasteiger partial charge in [-0.3, -0.25) is 0 Å². The van der Waals surface area contributed by atoms with E-state index in [-0.39, 0.29) is 29.1 Å². The molecule has 0 aliphatic heterocycles. The summed E-state index contributed by atoms with van der Waals surface area (Å²) in [7, 11) is 2.91. The van der Waals surface area contributed by atoms with E-state index in [9.17, 15) is 9.90 Å². The van der Waals surface area contributed by atoms with Gasteiger partial charge >= 0.3 is 12.0 Å². The Labute approximate surface area is 133 Å². The average molecular weight is 318 g/mol. The van der Waals surface area contributed by atoms with Crippen LogP contribution in [0.25, 0.3) is 0 Å². The van der Waals surface area contributed by atoms with Gasteiger partial charge in [0.25, 0.3) is 0 Å². The molecule has 0 saturated carbocycles. The number of carboxylic acid groups (broad SMARTS) is 1. The molecule has 0 aliphatic rings. The first-order chi connectivity index (χ1) is 11.1. The highest BCUT2D eigenvalue weighted by molar-refractivity contribution is 5.92. The lowest BCUT2D eigenvalue weighted by molar-refractivity contribution is 0.0692. The van der Waals surface area contributed by atoms with E-state index in [1.165, 1.54) is 20.3 Å². The molecule has 23 heavy (non-hydrogen) atoms. The van der Waals surface area contributed by atoms with E-state index < -0.39 is 5.97 Å². The van der Waals surface area contributed by atoms with Crippen molar-refractivity contribution in [2.75, 3.05) is 14.2 Å². The van der Waals surface area contributed by atoms with Gasteiger partial charge in [0.2, 0.25) is 11.8 Å². The minimum Gasteiger partial charge on any atom is -0.481 e. The summed E-state index contributed by atoms with van der Waals surface area (Å²) in [6, 6.07) is 6.53. The molecular weight excluding hydrogens is 300 g/mol. The van der Waals surface area contributed by atoms with Crippen molar-refractivity contribution in [1.82, 2.24) is 9.97 Å². The Kier molecular flexibility index (Phi) is 5.35. The highest BCUT2D eigenvalue weighted by atomic mass is 16.5. The molecule has 1 heterocycles. The Bertz CT molecular complexity index is 681. The van der Waals surface area contributed by atoms with Crippen LogP contribution in [0.15, 0.2) is 24.3 Å². The molecule has 0 spiro atoms. The summed E-state index contributed by atoms with van der Waals surface area (Å²) in [6.45, 7) is 1.98. The lowest BCUT2D eigenvalue weighted by Crippen LogP contribution is -2.06. The summed E-state index contributed by atoms with van der Waals surface area (Å²) in [5.74, 6) is -0.362. The number of carbonyl (C=O) groups is 1. The van der Waals surface area contributed by atoms with Crippen LogP contribution < -0.4 is 14.2 Å². The van der Waals surface area contributed by atoms with Gasteiger partial charge in [0.05, 0.1) is 20.3 Å². The van der Waals surface area contributed by atoms with Gasteiger partial charge in [0.1, 0.15) is 11.3 Å². The first-order valence-corrected chi connectivity index (χ1v) is 7.09. The summed E-state index contributed by atoms with van der Waals surface area (Å²) in [4.78, 5) is 19.7. The van der Waals surface area contributed by atoms with Crippen LogP contribution in [0.1, 0.15) is 29.3 Å². The monoisotopic (exact) mass is 318 g/mol. The van der Waals surface area contributed by atoms with E-state index in [0.29, 0.717) is 12.0 Å². The third-order valence-corrected chi connectivity index (χ3v) is 3.12. The van der Waals surface area contributed by atoms with Crippen LogP contribution in [0.2, 0.25) is 0 Å². The van der Waals surface area contributed by atoms with Gasteiger partial charge in [0, 0.05) is 0 Å². The standard InChI is InChI=1S/C16H18N2O5/c1-4-6-10-7-5-8-11(14(10)15(19)20)23-16-17-12(21-2)9-13(18-16)22-3/h5,7-9H,4,6H2,1-3H3,(H,19,20). The molecule has 0 fully saturated rings. The Morgan fingerprint density at radius 3 is 2.35 bits per heavy atom. The number of ether oxygens (including phenoxy) is 3. The number of aryl methyl sites for hydroxylation is 1. The fourth-order valence-corrected chi connectivity index (χ4v) is 2.12. The normalized spacial score (nSPS) is 10.2. The topological polar surface area (TPSA) is 90.8 Å². The number of aromatic carboxylic acids is 1. The van der Waals surface area contributed by atoms with Crippen molar-refractivity contribution in [3.63, 3.8) is 0 Å². The van der Waals surface area contributed by atoms with E-state index in [2.05, 4.69) is 9.97 Å². The number of aromatic nitrogens is 2. The molecule has 0 radical (unpaired) electrons. The molecule has 1 aromatic carbocycles. The zero-order valence-corrected chi connectivity index (χ0v) is 13.2. The summed E-state index contributed by atoms with van der Waals surface area (Å²) in [5, 5.41) is 9.48. The van der Waals surface area contributed by atoms with Crippen molar-refractivity contribution in [3.05, 3.63) is 35.4 Å². The van der Waals surface area contributed by atoms with E-state index in [1.54, 1.807) is 18.2 Å². The lowest BCUT2D eigenvalue weighted by Gasteiger charge is -2.12. The van der Waals surface area contributed by atoms with E-state index in [1.807, 2.05) is 6.92 Å². The van der Waals surface area contributed by atoms with Crippen LogP contribution in [0.3, 0.4) is 0 Å². The van der Waals surface area contributed by atoms with Crippen molar-refractivity contribution >= 4 is 5.97 Å². The Morgan fingerprint density at radius 1 is 1.17 bits per heavy atom. The molecule has 2 rings (SSSR count). The molecule has 0 atom stereocenters. The molecule has 1 N–H and O–H groups in total. The molecule has 0 saturated heterocycles. The molecule has 0 bridgehead atoms. The Balaban J connectivity index is 2.43. The second-order valence-electron chi connectivity index (χ2n) is 4.68. The molecule has 1 aromatic heterocycles. The zero-order valence-electron chi connectivity index (χ0n) is 13.2. The smallest absolute Gasteiger partial charge is 0.339 e. The number of benzene rings is 1. The van der Waals surface area contributed by atoms with Crippen LogP contribution in [0, 0.1) is 0 Å². The van der Waals surface area contributed by atoms with Gasteiger partial charge in [-0.2, -0.15) is 9.97 Å². The van der Waals surface area contributed by atoms with Gasteiger partial charge in [-0.25, -0.2) is 4.79 Å². The average Bonchev–Trinajstić information content (AvgIpc) is 2.54. The van der Waals surface area contributed by atoms with Crippen LogP contribution in [-0.4, -0.2) is 35.3 Å². The van der Waals surface area contributed by atoms with Crippen molar-refractivity contribution in [1.29, 1.82) is 0 Å². The van der Waals surface area contributed by atoms with Gasteiger partial charge in [-0.1, -0.05) is 25.5 Å². The SMILES string of the molecule is CCCc1cccc(Oc2nc(OC)cc(OC)n2)c1C(=O)O. The van der Waals surface area contributed by atoms with Crippen molar-refractivity contribution in [2.24, 2.45) is 0 Å². The fourth-order valence-electron chi connectivity index (χ4n) is 2.12. The number of nitrogens with zero attached hydrogens (tertiary/aromatic N) is 2. The fraction of sp³-hybridized carbons (Fsp3) is 0.312. The number of carboxylic acids is 1. The van der Waals surface area contributed by atoms with Crippen molar-refractivity contribution in [3.8, 4) is 23.5 Å². The number of hydrogen-bond donors (Lipinski definition) is 1. The number of methoxy groups -OCH3 is 2. The quantitative estimate of drug-likeness (QED) is 0.839. The maximum absolute atomic E-state index is 11.6. The first-order valence-electron chi connectivity index (χ1n) is 7.09. The van der Waals surface area contributed by atoms with Crippen molar-refractivity contribution < 1.29 is 24.1 Å². The van der Waals surface area contributed by atoms with Crippen molar-refractivity contribution in [2.45, 2.75) is 19.8 Å². The third kappa shape index (κ3) is 3.88. The summed E-state index contributed by atoms with van der Waals surface area (Å²) in [5.41, 5.74) is 0.812. The molecule has 122 valence electrons. The molecule has 0 unspecified atom stereocenters. The maximum Gasteiger partial charge on any atom is 0.339 e. The third-order valence-electron chi connectivity index (χ3n) is 3.12. The highest BCUT2D eigenvalue weighted by Gasteiger charge is 2.18. The zero-order chi connectivity index (χ0) is 16.8.